The number of rotatable bonds is 6. The van der Waals surface area contributed by atoms with E-state index in [-0.39, 0.29) is 22.3 Å². The third-order valence-corrected chi connectivity index (χ3v) is 8.25. The van der Waals surface area contributed by atoms with Crippen LogP contribution in [0.2, 0.25) is 10.0 Å². The zero-order valence-electron chi connectivity index (χ0n) is 15.1. The Morgan fingerprint density at radius 1 is 1.21 bits per heavy atom. The normalized spacial score (nSPS) is 15.8. The van der Waals surface area contributed by atoms with E-state index in [0.717, 1.165) is 11.3 Å². The van der Waals surface area contributed by atoms with Crippen molar-refractivity contribution in [2.45, 2.75) is 17.1 Å². The second-order valence-electron chi connectivity index (χ2n) is 6.39. The van der Waals surface area contributed by atoms with E-state index in [1.165, 1.54) is 10.4 Å². The number of carbonyl (C=O) groups excluding carboxylic acids is 2. The Kier molecular flexibility index (Phi) is 7.18. The highest BCUT2D eigenvalue weighted by Crippen LogP contribution is 2.27. The summed E-state index contributed by atoms with van der Waals surface area (Å²) in [6.45, 7) is 0.00462. The van der Waals surface area contributed by atoms with Gasteiger partial charge in [-0.1, -0.05) is 29.3 Å². The van der Waals surface area contributed by atoms with E-state index in [4.69, 9.17) is 27.9 Å². The van der Waals surface area contributed by atoms with Crippen molar-refractivity contribution in [2.75, 3.05) is 25.0 Å². The molecule has 1 aromatic heterocycles. The standard InChI is InChI=1S/C18H18Cl2N2O5S2/c19-13-3-4-15(14(20)10-13)21-16(23)11-27-18(24)12-5-7-22(8-6-12)29(25,26)17-2-1-9-28-17/h1-4,9-10,12H,5-8,11H2,(H,21,23). The van der Waals surface area contributed by atoms with Crippen LogP contribution >= 0.6 is 34.5 Å². The van der Waals surface area contributed by atoms with Gasteiger partial charge in [0.1, 0.15) is 4.21 Å². The molecule has 0 aliphatic carbocycles. The van der Waals surface area contributed by atoms with Crippen molar-refractivity contribution in [3.63, 3.8) is 0 Å². The Morgan fingerprint density at radius 2 is 1.93 bits per heavy atom. The number of nitrogens with one attached hydrogen (secondary N) is 1. The van der Waals surface area contributed by atoms with Gasteiger partial charge in [0.2, 0.25) is 0 Å². The highest BCUT2D eigenvalue weighted by molar-refractivity contribution is 7.91. The maximum atomic E-state index is 12.5. The first-order chi connectivity index (χ1) is 13.8. The smallest absolute Gasteiger partial charge is 0.309 e. The van der Waals surface area contributed by atoms with Crippen molar-refractivity contribution in [2.24, 2.45) is 5.92 Å². The predicted octanol–water partition coefficient (Wildman–Crippen LogP) is 3.64. The number of carbonyl (C=O) groups is 2. The molecule has 0 atom stereocenters. The first-order valence-electron chi connectivity index (χ1n) is 8.72. The third-order valence-electron chi connectivity index (χ3n) is 4.43. The SMILES string of the molecule is O=C(COC(=O)C1CCN(S(=O)(=O)c2cccs2)CC1)Nc1ccc(Cl)cc1Cl. The van der Waals surface area contributed by atoms with Crippen molar-refractivity contribution in [1.82, 2.24) is 4.31 Å². The maximum Gasteiger partial charge on any atom is 0.309 e. The monoisotopic (exact) mass is 476 g/mol. The number of benzene rings is 1. The van der Waals surface area contributed by atoms with E-state index in [1.54, 1.807) is 29.6 Å². The highest BCUT2D eigenvalue weighted by atomic mass is 35.5. The van der Waals surface area contributed by atoms with Gasteiger partial charge in [0, 0.05) is 18.1 Å². The van der Waals surface area contributed by atoms with Crippen molar-refractivity contribution < 1.29 is 22.7 Å². The van der Waals surface area contributed by atoms with Gasteiger partial charge in [-0.25, -0.2) is 8.42 Å². The van der Waals surface area contributed by atoms with Crippen LogP contribution in [-0.4, -0.2) is 44.3 Å². The zero-order valence-corrected chi connectivity index (χ0v) is 18.3. The fraction of sp³-hybridized carbons (Fsp3) is 0.333. The van der Waals surface area contributed by atoms with Gasteiger partial charge in [0.15, 0.2) is 6.61 Å². The molecule has 1 N–H and O–H groups in total. The molecule has 29 heavy (non-hydrogen) atoms. The molecule has 7 nitrogen and oxygen atoms in total. The fourth-order valence-corrected chi connectivity index (χ4v) is 5.97. The lowest BCUT2D eigenvalue weighted by Gasteiger charge is -2.29. The number of sulfonamides is 1. The first-order valence-corrected chi connectivity index (χ1v) is 11.8. The number of thiophene rings is 1. The van der Waals surface area contributed by atoms with Crippen molar-refractivity contribution in [3.8, 4) is 0 Å². The number of esters is 1. The van der Waals surface area contributed by atoms with Crippen LogP contribution < -0.4 is 5.32 Å². The highest BCUT2D eigenvalue weighted by Gasteiger charge is 2.33. The van der Waals surface area contributed by atoms with E-state index in [1.807, 2.05) is 0 Å². The van der Waals surface area contributed by atoms with Crippen LogP contribution in [0.5, 0.6) is 0 Å². The number of piperidine rings is 1. The average molecular weight is 477 g/mol. The summed E-state index contributed by atoms with van der Waals surface area (Å²) in [5.41, 5.74) is 0.365. The summed E-state index contributed by atoms with van der Waals surface area (Å²) in [4.78, 5) is 24.2. The van der Waals surface area contributed by atoms with Crippen LogP contribution in [0.15, 0.2) is 39.9 Å². The van der Waals surface area contributed by atoms with Crippen molar-refractivity contribution in [3.05, 3.63) is 45.8 Å². The Balaban J connectivity index is 1.47. The molecule has 1 fully saturated rings. The summed E-state index contributed by atoms with van der Waals surface area (Å²) >= 11 is 12.9. The quantitative estimate of drug-likeness (QED) is 0.642. The number of nitrogens with zero attached hydrogens (tertiary/aromatic N) is 1. The third kappa shape index (κ3) is 5.49. The van der Waals surface area contributed by atoms with Gasteiger partial charge in [-0.3, -0.25) is 9.59 Å². The summed E-state index contributed by atoms with van der Waals surface area (Å²) in [7, 11) is -3.52. The van der Waals surface area contributed by atoms with Gasteiger partial charge >= 0.3 is 5.97 Å². The molecule has 1 aliphatic heterocycles. The Hall–Kier alpha value is -1.65. The summed E-state index contributed by atoms with van der Waals surface area (Å²) in [6.07, 6.45) is 0.683. The number of hydrogen-bond donors (Lipinski definition) is 1. The molecule has 3 rings (SSSR count). The van der Waals surface area contributed by atoms with Crippen LogP contribution in [0, 0.1) is 5.92 Å². The van der Waals surface area contributed by atoms with Crippen LogP contribution in [0.4, 0.5) is 5.69 Å². The lowest BCUT2D eigenvalue weighted by atomic mass is 9.98. The molecule has 0 spiro atoms. The molecule has 1 saturated heterocycles. The predicted molar refractivity (Wildman–Crippen MR) is 112 cm³/mol. The van der Waals surface area contributed by atoms with Gasteiger partial charge < -0.3 is 10.1 Å². The van der Waals surface area contributed by atoms with Gasteiger partial charge in [-0.15, -0.1) is 11.3 Å². The second kappa shape index (κ2) is 9.44. The number of anilines is 1. The Bertz CT molecular complexity index is 988. The van der Waals surface area contributed by atoms with E-state index >= 15 is 0 Å². The Morgan fingerprint density at radius 3 is 2.55 bits per heavy atom. The first kappa shape index (κ1) is 22.0. The van der Waals surface area contributed by atoms with E-state index < -0.39 is 34.4 Å². The molecule has 0 saturated carbocycles. The van der Waals surface area contributed by atoms with Gasteiger partial charge in [0.25, 0.3) is 15.9 Å². The average Bonchev–Trinajstić information content (AvgIpc) is 3.24. The van der Waals surface area contributed by atoms with Crippen LogP contribution in [-0.2, 0) is 24.3 Å². The molecule has 156 valence electrons. The maximum absolute atomic E-state index is 12.5. The Labute approximate surface area is 182 Å². The van der Waals surface area contributed by atoms with E-state index in [9.17, 15) is 18.0 Å². The molecule has 11 heteroatoms. The minimum atomic E-state index is -3.52. The molecule has 1 aromatic carbocycles. The lowest BCUT2D eigenvalue weighted by Crippen LogP contribution is -2.40. The van der Waals surface area contributed by atoms with Crippen LogP contribution in [0.1, 0.15) is 12.8 Å². The summed E-state index contributed by atoms with van der Waals surface area (Å²) in [5.74, 6) is -1.49. The topological polar surface area (TPSA) is 92.8 Å². The summed E-state index contributed by atoms with van der Waals surface area (Å²) in [6, 6.07) is 7.86. The summed E-state index contributed by atoms with van der Waals surface area (Å²) < 4.78 is 31.8. The molecule has 2 aromatic rings. The van der Waals surface area contributed by atoms with Crippen molar-refractivity contribution in [1.29, 1.82) is 0 Å². The molecule has 1 amide bonds. The second-order valence-corrected chi connectivity index (χ2v) is 10.3. The van der Waals surface area contributed by atoms with Crippen LogP contribution in [0.3, 0.4) is 0 Å². The fourth-order valence-electron chi connectivity index (χ4n) is 2.90. The molecule has 1 aliphatic rings. The van der Waals surface area contributed by atoms with Crippen LogP contribution in [0.25, 0.3) is 0 Å². The number of amides is 1. The van der Waals surface area contributed by atoms with Gasteiger partial charge in [-0.05, 0) is 42.5 Å². The molecular weight excluding hydrogens is 459 g/mol. The number of halogens is 2. The largest absolute Gasteiger partial charge is 0.455 e. The molecular formula is C18H18Cl2N2O5S2. The van der Waals surface area contributed by atoms with E-state index in [0.29, 0.717) is 23.6 Å². The van der Waals surface area contributed by atoms with E-state index in [2.05, 4.69) is 5.32 Å². The van der Waals surface area contributed by atoms with Gasteiger partial charge in [0.05, 0.1) is 16.6 Å². The molecule has 2 heterocycles. The van der Waals surface area contributed by atoms with Crippen molar-refractivity contribution >= 4 is 62.1 Å². The minimum Gasteiger partial charge on any atom is -0.455 e. The molecule has 0 radical (unpaired) electrons. The molecule has 0 unspecified atom stereocenters. The van der Waals surface area contributed by atoms with Gasteiger partial charge in [-0.2, -0.15) is 4.31 Å². The summed E-state index contributed by atoms with van der Waals surface area (Å²) in [5, 5.41) is 4.96. The zero-order chi connectivity index (χ0) is 21.0. The molecule has 0 bridgehead atoms. The number of hydrogen-bond acceptors (Lipinski definition) is 6. The minimum absolute atomic E-state index is 0.229. The lowest BCUT2D eigenvalue weighted by molar-refractivity contribution is -0.152. The number of ether oxygens (including phenoxy) is 1.